The lowest BCUT2D eigenvalue weighted by Gasteiger charge is -2.26. The van der Waals surface area contributed by atoms with Crippen molar-refractivity contribution < 1.29 is 4.79 Å². The number of hydrogen-bond acceptors (Lipinski definition) is 5. The Morgan fingerprint density at radius 1 is 1.47 bits per heavy atom. The van der Waals surface area contributed by atoms with Crippen LogP contribution >= 0.6 is 0 Å². The molecule has 1 aromatic rings. The van der Waals surface area contributed by atoms with Crippen LogP contribution in [0.25, 0.3) is 0 Å². The predicted molar refractivity (Wildman–Crippen MR) is 59.7 cm³/mol. The highest BCUT2D eigenvalue weighted by molar-refractivity contribution is 5.92. The molecule has 2 aliphatic carbocycles. The van der Waals surface area contributed by atoms with Gasteiger partial charge in [-0.25, -0.2) is 0 Å². The highest BCUT2D eigenvalue weighted by atomic mass is 16.2. The van der Waals surface area contributed by atoms with Crippen molar-refractivity contribution in [3.8, 4) is 0 Å². The summed E-state index contributed by atoms with van der Waals surface area (Å²) in [6.07, 6.45) is 3.37. The molecule has 7 heteroatoms. The molecule has 4 unspecified atom stereocenters. The van der Waals surface area contributed by atoms with Crippen LogP contribution in [0.2, 0.25) is 0 Å². The van der Waals surface area contributed by atoms with Crippen LogP contribution in [0.4, 0.5) is 5.95 Å². The van der Waals surface area contributed by atoms with Gasteiger partial charge in [-0.2, -0.15) is 4.80 Å². The first-order chi connectivity index (χ1) is 8.15. The number of nitrogens with zero attached hydrogens (tertiary/aromatic N) is 4. The minimum atomic E-state index is -0.0856. The van der Waals surface area contributed by atoms with Crippen LogP contribution < -0.4 is 11.1 Å². The number of nitrogens with one attached hydrogen (secondary N) is 1. The molecule has 0 aliphatic heterocycles. The van der Waals surface area contributed by atoms with Gasteiger partial charge < -0.3 is 5.73 Å². The van der Waals surface area contributed by atoms with Gasteiger partial charge in [-0.15, -0.1) is 5.10 Å². The molecular formula is C10H16N6O. The summed E-state index contributed by atoms with van der Waals surface area (Å²) in [4.78, 5) is 13.4. The second kappa shape index (κ2) is 3.76. The lowest BCUT2D eigenvalue weighted by Crippen LogP contribution is -2.42. The van der Waals surface area contributed by atoms with Gasteiger partial charge in [0.1, 0.15) is 0 Å². The number of aryl methyl sites for hydroxylation is 1. The molecule has 7 nitrogen and oxygen atoms in total. The third kappa shape index (κ3) is 1.70. The number of aromatic nitrogens is 4. The van der Waals surface area contributed by atoms with Gasteiger partial charge in [-0.05, 0) is 36.3 Å². The highest BCUT2D eigenvalue weighted by Crippen LogP contribution is 2.47. The number of anilines is 1. The Kier molecular flexibility index (Phi) is 2.36. The van der Waals surface area contributed by atoms with Crippen LogP contribution in [0, 0.1) is 17.8 Å². The van der Waals surface area contributed by atoms with Gasteiger partial charge in [-0.3, -0.25) is 10.1 Å². The van der Waals surface area contributed by atoms with Gasteiger partial charge >= 0.3 is 0 Å². The Morgan fingerprint density at radius 3 is 2.82 bits per heavy atom. The standard InChI is InChI=1S/C10H16N6O/c1-16-14-10(13-15-16)12-9(17)7-5-2-3-6(4-5)8(7)11/h5-8H,2-4,11H2,1H3,(H,12,14,17). The van der Waals surface area contributed by atoms with E-state index in [9.17, 15) is 4.79 Å². The number of rotatable bonds is 2. The molecule has 1 amide bonds. The zero-order chi connectivity index (χ0) is 12.0. The molecule has 2 saturated carbocycles. The van der Waals surface area contributed by atoms with Crippen molar-refractivity contribution in [1.82, 2.24) is 20.2 Å². The van der Waals surface area contributed by atoms with Crippen LogP contribution in [-0.4, -0.2) is 32.2 Å². The zero-order valence-electron chi connectivity index (χ0n) is 9.71. The van der Waals surface area contributed by atoms with Crippen molar-refractivity contribution in [3.05, 3.63) is 0 Å². The Morgan fingerprint density at radius 2 is 2.24 bits per heavy atom. The molecule has 4 atom stereocenters. The zero-order valence-corrected chi connectivity index (χ0v) is 9.71. The van der Waals surface area contributed by atoms with Crippen molar-refractivity contribution in [3.63, 3.8) is 0 Å². The normalized spacial score (nSPS) is 35.2. The van der Waals surface area contributed by atoms with E-state index in [1.54, 1.807) is 7.05 Å². The summed E-state index contributed by atoms with van der Waals surface area (Å²) in [6.45, 7) is 0. The first-order valence-electron chi connectivity index (χ1n) is 5.95. The summed E-state index contributed by atoms with van der Waals surface area (Å²) >= 11 is 0. The molecule has 2 aliphatic rings. The smallest absolute Gasteiger partial charge is 0.270 e. The predicted octanol–water partition coefficient (Wildman–Crippen LogP) is -0.478. The molecule has 2 fully saturated rings. The van der Waals surface area contributed by atoms with Crippen LogP contribution in [0.1, 0.15) is 19.3 Å². The van der Waals surface area contributed by atoms with Crippen molar-refractivity contribution in [2.45, 2.75) is 25.3 Å². The lowest BCUT2D eigenvalue weighted by atomic mass is 9.84. The molecule has 17 heavy (non-hydrogen) atoms. The van der Waals surface area contributed by atoms with E-state index in [-0.39, 0.29) is 23.8 Å². The number of carbonyl (C=O) groups excluding carboxylic acids is 1. The molecule has 3 N–H and O–H groups in total. The second-order valence-electron chi connectivity index (χ2n) is 5.03. The maximum absolute atomic E-state index is 12.1. The number of fused-ring (bicyclic) bond motifs is 2. The van der Waals surface area contributed by atoms with E-state index in [1.165, 1.54) is 11.2 Å². The topological polar surface area (TPSA) is 98.7 Å². The van der Waals surface area contributed by atoms with E-state index in [2.05, 4.69) is 20.7 Å². The van der Waals surface area contributed by atoms with Crippen molar-refractivity contribution in [2.24, 2.45) is 30.5 Å². The molecule has 1 aromatic heterocycles. The molecule has 0 radical (unpaired) electrons. The van der Waals surface area contributed by atoms with Crippen molar-refractivity contribution in [1.29, 1.82) is 0 Å². The van der Waals surface area contributed by atoms with Crippen LogP contribution in [0.3, 0.4) is 0 Å². The van der Waals surface area contributed by atoms with Crippen molar-refractivity contribution >= 4 is 11.9 Å². The van der Waals surface area contributed by atoms with E-state index < -0.39 is 0 Å². The van der Waals surface area contributed by atoms with E-state index in [0.717, 1.165) is 12.8 Å². The van der Waals surface area contributed by atoms with Gasteiger partial charge in [0.05, 0.1) is 13.0 Å². The summed E-state index contributed by atoms with van der Waals surface area (Å²) < 4.78 is 0. The molecule has 1 heterocycles. The summed E-state index contributed by atoms with van der Waals surface area (Å²) in [5.74, 6) is 1.07. The fraction of sp³-hybridized carbons (Fsp3) is 0.800. The molecule has 0 spiro atoms. The van der Waals surface area contributed by atoms with Crippen LogP contribution in [0.15, 0.2) is 0 Å². The summed E-state index contributed by atoms with van der Waals surface area (Å²) in [5.41, 5.74) is 6.10. The van der Waals surface area contributed by atoms with Gasteiger partial charge in [0.15, 0.2) is 0 Å². The third-order valence-electron chi connectivity index (χ3n) is 4.03. The molecule has 2 bridgehead atoms. The van der Waals surface area contributed by atoms with E-state index >= 15 is 0 Å². The minimum Gasteiger partial charge on any atom is -0.327 e. The molecular weight excluding hydrogens is 220 g/mol. The summed E-state index contributed by atoms with van der Waals surface area (Å²) in [7, 11) is 1.66. The molecule has 0 aromatic carbocycles. The van der Waals surface area contributed by atoms with Crippen LogP contribution in [-0.2, 0) is 11.8 Å². The largest absolute Gasteiger partial charge is 0.327 e. The first-order valence-corrected chi connectivity index (χ1v) is 5.95. The third-order valence-corrected chi connectivity index (χ3v) is 4.03. The highest BCUT2D eigenvalue weighted by Gasteiger charge is 2.49. The maximum atomic E-state index is 12.1. The van der Waals surface area contributed by atoms with Gasteiger partial charge in [0.2, 0.25) is 5.91 Å². The Bertz CT molecular complexity index is 442. The summed E-state index contributed by atoms with van der Waals surface area (Å²) in [6, 6.07) is -0.00887. The molecule has 92 valence electrons. The second-order valence-corrected chi connectivity index (χ2v) is 5.03. The van der Waals surface area contributed by atoms with Crippen LogP contribution in [0.5, 0.6) is 0 Å². The number of carbonyl (C=O) groups is 1. The fourth-order valence-corrected chi connectivity index (χ4v) is 3.25. The minimum absolute atomic E-state index is 0.00887. The number of tetrazole rings is 1. The van der Waals surface area contributed by atoms with E-state index in [1.807, 2.05) is 0 Å². The number of nitrogens with two attached hydrogens (primary N) is 1. The first kappa shape index (κ1) is 10.6. The van der Waals surface area contributed by atoms with E-state index in [0.29, 0.717) is 11.8 Å². The molecule has 0 saturated heterocycles. The summed E-state index contributed by atoms with van der Waals surface area (Å²) in [5, 5.41) is 14.0. The quantitative estimate of drug-likeness (QED) is 0.722. The van der Waals surface area contributed by atoms with E-state index in [4.69, 9.17) is 5.73 Å². The Labute approximate surface area is 98.7 Å². The average molecular weight is 236 g/mol. The Balaban J connectivity index is 1.70. The van der Waals surface area contributed by atoms with Gasteiger partial charge in [-0.1, -0.05) is 5.10 Å². The van der Waals surface area contributed by atoms with Gasteiger partial charge in [0, 0.05) is 6.04 Å². The van der Waals surface area contributed by atoms with Crippen molar-refractivity contribution in [2.75, 3.05) is 5.32 Å². The maximum Gasteiger partial charge on any atom is 0.270 e. The lowest BCUT2D eigenvalue weighted by molar-refractivity contribution is -0.121. The fourth-order valence-electron chi connectivity index (χ4n) is 3.25. The average Bonchev–Trinajstić information content (AvgIpc) is 2.94. The monoisotopic (exact) mass is 236 g/mol. The van der Waals surface area contributed by atoms with Gasteiger partial charge in [0.25, 0.3) is 5.95 Å². The number of hydrogen-bond donors (Lipinski definition) is 2. The molecule has 3 rings (SSSR count). The SMILES string of the molecule is Cn1nnc(NC(=O)C2C3CCC(C3)C2N)n1. The number of amides is 1. The Hall–Kier alpha value is -1.50.